The van der Waals surface area contributed by atoms with Crippen molar-refractivity contribution >= 4 is 45.9 Å². The molecule has 6 nitrogen and oxygen atoms in total. The lowest BCUT2D eigenvalue weighted by Crippen LogP contribution is -2.39. The van der Waals surface area contributed by atoms with Gasteiger partial charge in [0.15, 0.2) is 4.80 Å². The molecule has 5 aromatic rings. The van der Waals surface area contributed by atoms with Gasteiger partial charge in [0.25, 0.3) is 5.56 Å². The van der Waals surface area contributed by atoms with Gasteiger partial charge in [0, 0.05) is 21.5 Å². The molecule has 1 aliphatic heterocycles. The molecule has 0 saturated carbocycles. The summed E-state index contributed by atoms with van der Waals surface area (Å²) in [6.07, 6.45) is 1.92. The van der Waals surface area contributed by atoms with Crippen LogP contribution in [-0.2, 0) is 9.53 Å². The molecule has 2 aromatic heterocycles. The minimum absolute atomic E-state index is 0.218. The summed E-state index contributed by atoms with van der Waals surface area (Å²) in [5, 5.41) is 1.58. The normalized spacial score (nSPS) is 15.4. The van der Waals surface area contributed by atoms with Crippen molar-refractivity contribution in [1.29, 1.82) is 0 Å². The smallest absolute Gasteiger partial charge is 0.338 e. The molecule has 3 heterocycles. The summed E-state index contributed by atoms with van der Waals surface area (Å²) in [4.78, 5) is 35.9. The molecule has 0 spiro atoms. The number of aromatic nitrogens is 2. The van der Waals surface area contributed by atoms with Crippen molar-refractivity contribution < 1.29 is 9.53 Å². The van der Waals surface area contributed by atoms with Gasteiger partial charge in [-0.05, 0) is 49.2 Å². The molecule has 39 heavy (non-hydrogen) atoms. The van der Waals surface area contributed by atoms with E-state index in [9.17, 15) is 9.59 Å². The number of thiazole rings is 1. The van der Waals surface area contributed by atoms with E-state index in [4.69, 9.17) is 16.3 Å². The van der Waals surface area contributed by atoms with Gasteiger partial charge >= 0.3 is 5.97 Å². The molecular formula is C31H24ClN3O3S. The quantitative estimate of drug-likeness (QED) is 0.288. The Labute approximate surface area is 233 Å². The van der Waals surface area contributed by atoms with Crippen LogP contribution in [-0.4, -0.2) is 22.1 Å². The highest BCUT2D eigenvalue weighted by atomic mass is 35.5. The number of ether oxygens (including phenoxy) is 1. The average molecular weight is 554 g/mol. The third kappa shape index (κ3) is 4.43. The SMILES string of the molecule is CCOC(=O)C1=C(C)N=c2s/c(=C/c3c(-c4ccccc4)[nH]c4ccccc34)c(=O)n2[C@H]1c1ccc(Cl)cc1. The fraction of sp³-hybridized carbons (Fsp3) is 0.129. The lowest BCUT2D eigenvalue weighted by Gasteiger charge is -2.24. The molecule has 0 fully saturated rings. The Morgan fingerprint density at radius 3 is 2.54 bits per heavy atom. The second-order valence-corrected chi connectivity index (χ2v) is 10.6. The van der Waals surface area contributed by atoms with Gasteiger partial charge in [-0.1, -0.05) is 83.6 Å². The third-order valence-corrected chi connectivity index (χ3v) is 8.02. The first-order valence-corrected chi connectivity index (χ1v) is 13.8. The maximum atomic E-state index is 14.1. The number of hydrogen-bond acceptors (Lipinski definition) is 5. The number of benzene rings is 3. The lowest BCUT2D eigenvalue weighted by molar-refractivity contribution is -0.139. The number of carbonyl (C=O) groups is 1. The second kappa shape index (κ2) is 10.2. The van der Waals surface area contributed by atoms with E-state index in [0.717, 1.165) is 33.3 Å². The van der Waals surface area contributed by atoms with Crippen LogP contribution in [0, 0.1) is 0 Å². The number of allylic oxidation sites excluding steroid dienone is 1. The molecule has 1 N–H and O–H groups in total. The van der Waals surface area contributed by atoms with Gasteiger partial charge in [-0.15, -0.1) is 0 Å². The number of nitrogens with one attached hydrogen (secondary N) is 1. The van der Waals surface area contributed by atoms with Gasteiger partial charge in [-0.2, -0.15) is 0 Å². The number of H-pyrrole nitrogens is 1. The van der Waals surface area contributed by atoms with Gasteiger partial charge < -0.3 is 9.72 Å². The van der Waals surface area contributed by atoms with E-state index in [0.29, 0.717) is 25.6 Å². The van der Waals surface area contributed by atoms with Crippen LogP contribution in [0.5, 0.6) is 0 Å². The number of nitrogens with zero attached hydrogens (tertiary/aromatic N) is 2. The molecule has 0 amide bonds. The number of hydrogen-bond donors (Lipinski definition) is 1. The maximum absolute atomic E-state index is 14.1. The highest BCUT2D eigenvalue weighted by Gasteiger charge is 2.33. The van der Waals surface area contributed by atoms with Gasteiger partial charge in [0.2, 0.25) is 0 Å². The van der Waals surface area contributed by atoms with Crippen molar-refractivity contribution in [3.8, 4) is 11.3 Å². The molecule has 194 valence electrons. The summed E-state index contributed by atoms with van der Waals surface area (Å²) < 4.78 is 7.49. The van der Waals surface area contributed by atoms with Gasteiger partial charge in [-0.25, -0.2) is 9.79 Å². The molecule has 1 atom stereocenters. The number of rotatable bonds is 5. The third-order valence-electron chi connectivity index (χ3n) is 6.79. The fourth-order valence-corrected chi connectivity index (χ4v) is 6.18. The summed E-state index contributed by atoms with van der Waals surface area (Å²) in [6, 6.07) is 24.6. The predicted molar refractivity (Wildman–Crippen MR) is 156 cm³/mol. The first kappa shape index (κ1) is 25.1. The summed E-state index contributed by atoms with van der Waals surface area (Å²) in [5.41, 5.74) is 5.25. The number of para-hydroxylation sites is 1. The number of fused-ring (bicyclic) bond motifs is 2. The van der Waals surface area contributed by atoms with Crippen molar-refractivity contribution in [3.63, 3.8) is 0 Å². The Morgan fingerprint density at radius 1 is 1.08 bits per heavy atom. The predicted octanol–water partition coefficient (Wildman–Crippen LogP) is 5.60. The van der Waals surface area contributed by atoms with E-state index in [2.05, 4.69) is 9.98 Å². The van der Waals surface area contributed by atoms with Crippen molar-refractivity contribution in [2.24, 2.45) is 4.99 Å². The summed E-state index contributed by atoms with van der Waals surface area (Å²) in [5.74, 6) is -0.490. The zero-order chi connectivity index (χ0) is 27.1. The van der Waals surface area contributed by atoms with Crippen LogP contribution in [0.3, 0.4) is 0 Å². The number of carbonyl (C=O) groups excluding carboxylic acids is 1. The second-order valence-electron chi connectivity index (χ2n) is 9.18. The van der Waals surface area contributed by atoms with Crippen molar-refractivity contribution in [2.75, 3.05) is 6.61 Å². The first-order valence-electron chi connectivity index (χ1n) is 12.6. The Bertz CT molecular complexity index is 1930. The molecular weight excluding hydrogens is 530 g/mol. The molecule has 0 aliphatic carbocycles. The van der Waals surface area contributed by atoms with E-state index in [-0.39, 0.29) is 12.2 Å². The molecule has 0 radical (unpaired) electrons. The fourth-order valence-electron chi connectivity index (χ4n) is 5.03. The number of esters is 1. The summed E-state index contributed by atoms with van der Waals surface area (Å²) in [7, 11) is 0. The average Bonchev–Trinajstić information content (AvgIpc) is 3.46. The van der Waals surface area contributed by atoms with Crippen LogP contribution in [0.4, 0.5) is 0 Å². The van der Waals surface area contributed by atoms with Crippen LogP contribution in [0.25, 0.3) is 28.2 Å². The topological polar surface area (TPSA) is 76.4 Å². The molecule has 1 aliphatic rings. The van der Waals surface area contributed by atoms with Crippen molar-refractivity contribution in [3.05, 3.63) is 126 Å². The number of halogens is 1. The molecule has 3 aromatic carbocycles. The monoisotopic (exact) mass is 553 g/mol. The van der Waals surface area contributed by atoms with E-state index in [1.807, 2.05) is 72.8 Å². The number of aromatic amines is 1. The molecule has 0 bridgehead atoms. The standard InChI is InChI=1S/C31H24ClN3O3S/c1-3-38-30(37)26-18(2)33-31-35(28(26)20-13-15-21(32)16-14-20)29(36)25(39-31)17-23-22-11-7-8-12-24(22)34-27(23)19-9-5-4-6-10-19/h4-17,28,34H,3H2,1-2H3/b25-17+/t28-/m0/s1. The van der Waals surface area contributed by atoms with Crippen molar-refractivity contribution in [2.45, 2.75) is 19.9 Å². The van der Waals surface area contributed by atoms with Crippen molar-refractivity contribution in [1.82, 2.24) is 9.55 Å². The first-order chi connectivity index (χ1) is 19.0. The van der Waals surface area contributed by atoms with Gasteiger partial charge in [0.05, 0.1) is 34.1 Å². The Hall–Kier alpha value is -4.20. The molecule has 0 saturated heterocycles. The van der Waals surface area contributed by atoms with Crippen LogP contribution >= 0.6 is 22.9 Å². The Morgan fingerprint density at radius 2 is 1.79 bits per heavy atom. The molecule has 8 heteroatoms. The molecule has 6 rings (SSSR count). The highest BCUT2D eigenvalue weighted by molar-refractivity contribution is 7.07. The minimum Gasteiger partial charge on any atom is -0.463 e. The maximum Gasteiger partial charge on any atom is 0.338 e. The zero-order valence-corrected chi connectivity index (χ0v) is 22.8. The molecule has 0 unspecified atom stereocenters. The summed E-state index contributed by atoms with van der Waals surface area (Å²) >= 11 is 7.47. The van der Waals surface area contributed by atoms with Crippen LogP contribution in [0.2, 0.25) is 5.02 Å². The van der Waals surface area contributed by atoms with E-state index >= 15 is 0 Å². The zero-order valence-electron chi connectivity index (χ0n) is 21.3. The highest BCUT2D eigenvalue weighted by Crippen LogP contribution is 2.33. The minimum atomic E-state index is -0.684. The van der Waals surface area contributed by atoms with Crippen LogP contribution in [0.1, 0.15) is 31.0 Å². The Balaban J connectivity index is 1.60. The Kier molecular flexibility index (Phi) is 6.54. The largest absolute Gasteiger partial charge is 0.463 e. The lowest BCUT2D eigenvalue weighted by atomic mass is 9.96. The summed E-state index contributed by atoms with van der Waals surface area (Å²) in [6.45, 7) is 3.75. The van der Waals surface area contributed by atoms with Gasteiger partial charge in [0.1, 0.15) is 0 Å². The van der Waals surface area contributed by atoms with Crippen LogP contribution in [0.15, 0.2) is 99.9 Å². The van der Waals surface area contributed by atoms with E-state index < -0.39 is 12.0 Å². The van der Waals surface area contributed by atoms with Gasteiger partial charge in [-0.3, -0.25) is 9.36 Å². The van der Waals surface area contributed by atoms with E-state index in [1.165, 1.54) is 11.3 Å². The van der Waals surface area contributed by atoms with E-state index in [1.54, 1.807) is 30.5 Å². The van der Waals surface area contributed by atoms with Crippen LogP contribution < -0.4 is 14.9 Å².